The summed E-state index contributed by atoms with van der Waals surface area (Å²) < 4.78 is 5.64. The summed E-state index contributed by atoms with van der Waals surface area (Å²) in [7, 11) is 0. The van der Waals surface area contributed by atoms with E-state index in [2.05, 4.69) is 39.6 Å². The molecule has 47 heavy (non-hydrogen) atoms. The van der Waals surface area contributed by atoms with Crippen molar-refractivity contribution >= 4 is 35.5 Å². The molecule has 1 aliphatic rings. The minimum absolute atomic E-state index is 0.0734. The zero-order chi connectivity index (χ0) is 35.5. The molecule has 0 aromatic rings. The van der Waals surface area contributed by atoms with Crippen LogP contribution in [0.5, 0.6) is 0 Å². The number of carbonyl (C=O) groups excluding carboxylic acids is 6. The third-order valence-electron chi connectivity index (χ3n) is 8.18. The van der Waals surface area contributed by atoms with Crippen molar-refractivity contribution in [3.8, 4) is 0 Å². The van der Waals surface area contributed by atoms with E-state index in [4.69, 9.17) is 4.74 Å². The van der Waals surface area contributed by atoms with Gasteiger partial charge in [-0.25, -0.2) is 4.79 Å². The van der Waals surface area contributed by atoms with Gasteiger partial charge in [0.25, 0.3) is 0 Å². The number of cyclic esters (lactones) is 1. The molecule has 268 valence electrons. The number of esters is 1. The Hall–Kier alpha value is -3.52. The minimum Gasteiger partial charge on any atom is -0.458 e. The van der Waals surface area contributed by atoms with E-state index in [1.807, 2.05) is 13.0 Å². The molecule has 0 aromatic heterocycles. The highest BCUT2D eigenvalue weighted by Crippen LogP contribution is 2.14. The van der Waals surface area contributed by atoms with E-state index in [9.17, 15) is 39.0 Å². The standard InChI is InChI=1S/C33H57N5O9/c1-7-9-10-11-12-13-14-15-16-17-25(41)36-28-22(6)47-33(46)27(21(5)8-2)38-31(44)26(20(3)4)37-30(43)24(19-40)34-29(42)23(18-39)35-32(28)45/h13-14,20-24,26-28,39-40H,7-12,15-19H2,1-6H3,(H,34,42)(H,35,45)(H,36,41)(H,37,43)(H,38,44)/b14-13-/t21-,22+,23+,24-,26+,27?,28-/m0/s1. The van der Waals surface area contributed by atoms with Gasteiger partial charge in [-0.2, -0.15) is 0 Å². The fourth-order valence-electron chi connectivity index (χ4n) is 4.89. The van der Waals surface area contributed by atoms with Crippen LogP contribution in [-0.4, -0.2) is 95.2 Å². The lowest BCUT2D eigenvalue weighted by Crippen LogP contribution is -2.63. The first kappa shape index (κ1) is 41.5. The third-order valence-corrected chi connectivity index (χ3v) is 8.18. The highest BCUT2D eigenvalue weighted by atomic mass is 16.5. The molecule has 5 amide bonds. The second-order valence-electron chi connectivity index (χ2n) is 12.5. The van der Waals surface area contributed by atoms with Crippen LogP contribution < -0.4 is 26.6 Å². The molecule has 14 heteroatoms. The van der Waals surface area contributed by atoms with Crippen LogP contribution in [0, 0.1) is 11.8 Å². The summed E-state index contributed by atoms with van der Waals surface area (Å²) in [5.74, 6) is -5.73. The molecule has 0 saturated carbocycles. The van der Waals surface area contributed by atoms with Crippen molar-refractivity contribution in [2.24, 2.45) is 11.8 Å². The van der Waals surface area contributed by atoms with Gasteiger partial charge in [-0.3, -0.25) is 24.0 Å². The van der Waals surface area contributed by atoms with Crippen LogP contribution in [0.15, 0.2) is 12.2 Å². The zero-order valence-corrected chi connectivity index (χ0v) is 28.8. The molecule has 0 aromatic carbocycles. The van der Waals surface area contributed by atoms with Crippen molar-refractivity contribution in [1.82, 2.24) is 26.6 Å². The van der Waals surface area contributed by atoms with Gasteiger partial charge in [-0.15, -0.1) is 0 Å². The summed E-state index contributed by atoms with van der Waals surface area (Å²) in [5.41, 5.74) is 0. The molecule has 0 bridgehead atoms. The molecule has 0 radical (unpaired) electrons. The second kappa shape index (κ2) is 22.1. The number of allylic oxidation sites excluding steroid dienone is 2. The van der Waals surface area contributed by atoms with Crippen LogP contribution in [0.4, 0.5) is 0 Å². The number of hydrogen-bond donors (Lipinski definition) is 7. The molecular weight excluding hydrogens is 610 g/mol. The molecule has 1 unspecified atom stereocenters. The maximum atomic E-state index is 13.5. The van der Waals surface area contributed by atoms with E-state index in [1.54, 1.807) is 20.8 Å². The van der Waals surface area contributed by atoms with Crippen molar-refractivity contribution in [2.75, 3.05) is 13.2 Å². The normalized spacial score (nSPS) is 25.9. The van der Waals surface area contributed by atoms with Gasteiger partial charge in [0.15, 0.2) is 0 Å². The Balaban J connectivity index is 3.29. The maximum Gasteiger partial charge on any atom is 0.329 e. The molecule has 14 nitrogen and oxygen atoms in total. The van der Waals surface area contributed by atoms with E-state index in [0.29, 0.717) is 19.3 Å². The van der Waals surface area contributed by atoms with E-state index in [-0.39, 0.29) is 6.42 Å². The predicted octanol–water partition coefficient (Wildman–Crippen LogP) is 0.739. The summed E-state index contributed by atoms with van der Waals surface area (Å²) in [6.07, 6.45) is 10.2. The number of aliphatic hydroxyl groups excluding tert-OH is 2. The Kier molecular flexibility index (Phi) is 19.5. The van der Waals surface area contributed by atoms with Crippen LogP contribution in [0.1, 0.15) is 99.3 Å². The fourth-order valence-corrected chi connectivity index (χ4v) is 4.89. The van der Waals surface area contributed by atoms with E-state index in [0.717, 1.165) is 12.8 Å². The molecule has 1 saturated heterocycles. The van der Waals surface area contributed by atoms with Crippen LogP contribution in [0.3, 0.4) is 0 Å². The van der Waals surface area contributed by atoms with Crippen LogP contribution in [0.2, 0.25) is 0 Å². The molecule has 7 atom stereocenters. The van der Waals surface area contributed by atoms with Crippen molar-refractivity contribution in [1.29, 1.82) is 0 Å². The number of unbranched alkanes of at least 4 members (excludes halogenated alkanes) is 5. The topological polar surface area (TPSA) is 212 Å². The Morgan fingerprint density at radius 1 is 0.787 bits per heavy atom. The van der Waals surface area contributed by atoms with Gasteiger partial charge in [0, 0.05) is 6.42 Å². The Morgan fingerprint density at radius 2 is 1.34 bits per heavy atom. The van der Waals surface area contributed by atoms with E-state index >= 15 is 0 Å². The predicted molar refractivity (Wildman–Crippen MR) is 175 cm³/mol. The number of amides is 5. The van der Waals surface area contributed by atoms with Crippen LogP contribution >= 0.6 is 0 Å². The summed E-state index contributed by atoms with van der Waals surface area (Å²) in [6, 6.07) is -6.88. The highest BCUT2D eigenvalue weighted by Gasteiger charge is 2.38. The SMILES string of the molecule is CCCCCC/C=C\CCCC(=O)N[C@@H]1C(=O)N[C@H](CO)C(=O)N[C@@H](CO)C(=O)N[C@H](C(C)C)C(=O)NC([C@@H](C)CC)C(=O)O[C@@H]1C. The number of hydrogen-bond acceptors (Lipinski definition) is 9. The monoisotopic (exact) mass is 667 g/mol. The van der Waals surface area contributed by atoms with Crippen LogP contribution in [-0.2, 0) is 33.5 Å². The van der Waals surface area contributed by atoms with Gasteiger partial charge in [0.05, 0.1) is 13.2 Å². The molecule has 1 aliphatic heterocycles. The van der Waals surface area contributed by atoms with E-state index in [1.165, 1.54) is 26.2 Å². The number of aliphatic hydroxyl groups is 2. The van der Waals surface area contributed by atoms with Crippen molar-refractivity contribution in [3.05, 3.63) is 12.2 Å². The molecule has 7 N–H and O–H groups in total. The van der Waals surface area contributed by atoms with Gasteiger partial charge < -0.3 is 41.5 Å². The summed E-state index contributed by atoms with van der Waals surface area (Å²) in [6.45, 7) is 8.71. The Labute approximate surface area is 278 Å². The summed E-state index contributed by atoms with van der Waals surface area (Å²) >= 11 is 0. The first-order valence-corrected chi connectivity index (χ1v) is 16.9. The number of carbonyl (C=O) groups is 6. The third kappa shape index (κ3) is 14.4. The van der Waals surface area contributed by atoms with Crippen LogP contribution in [0.25, 0.3) is 0 Å². The lowest BCUT2D eigenvalue weighted by Gasteiger charge is -2.31. The largest absolute Gasteiger partial charge is 0.458 e. The molecular formula is C33H57N5O9. The van der Waals surface area contributed by atoms with Gasteiger partial charge in [-0.05, 0) is 44.4 Å². The number of nitrogens with one attached hydrogen (secondary N) is 5. The lowest BCUT2D eigenvalue weighted by molar-refractivity contribution is -0.157. The lowest BCUT2D eigenvalue weighted by atomic mass is 9.97. The van der Waals surface area contributed by atoms with E-state index < -0.39 is 96.9 Å². The summed E-state index contributed by atoms with van der Waals surface area (Å²) in [5, 5.41) is 32.1. The smallest absolute Gasteiger partial charge is 0.329 e. The first-order chi connectivity index (χ1) is 22.3. The molecule has 1 rings (SSSR count). The average Bonchev–Trinajstić information content (AvgIpc) is 3.03. The maximum absolute atomic E-state index is 13.5. The Morgan fingerprint density at radius 3 is 1.89 bits per heavy atom. The second-order valence-corrected chi connectivity index (χ2v) is 12.5. The molecule has 0 spiro atoms. The van der Waals surface area contributed by atoms with Gasteiger partial charge in [-0.1, -0.05) is 72.5 Å². The van der Waals surface area contributed by atoms with Crippen molar-refractivity contribution in [2.45, 2.75) is 136 Å². The fraction of sp³-hybridized carbons (Fsp3) is 0.758. The number of rotatable bonds is 15. The summed E-state index contributed by atoms with van der Waals surface area (Å²) in [4.78, 5) is 79.1. The van der Waals surface area contributed by atoms with Crippen molar-refractivity contribution in [3.63, 3.8) is 0 Å². The average molecular weight is 668 g/mol. The molecule has 1 fully saturated rings. The van der Waals surface area contributed by atoms with Gasteiger partial charge in [0.2, 0.25) is 29.5 Å². The van der Waals surface area contributed by atoms with Gasteiger partial charge >= 0.3 is 5.97 Å². The highest BCUT2D eigenvalue weighted by molar-refractivity contribution is 5.96. The number of ether oxygens (including phenoxy) is 1. The Bertz CT molecular complexity index is 1070. The first-order valence-electron chi connectivity index (χ1n) is 16.9. The zero-order valence-electron chi connectivity index (χ0n) is 28.8. The molecule has 0 aliphatic carbocycles. The molecule has 1 heterocycles. The van der Waals surface area contributed by atoms with Gasteiger partial charge in [0.1, 0.15) is 36.3 Å². The quantitative estimate of drug-likeness (QED) is 0.0745. The minimum atomic E-state index is -1.58. The van der Waals surface area contributed by atoms with Crippen molar-refractivity contribution < 1.29 is 43.7 Å².